The van der Waals surface area contributed by atoms with Gasteiger partial charge < -0.3 is 10.2 Å². The third-order valence-electron chi connectivity index (χ3n) is 4.79. The van der Waals surface area contributed by atoms with Gasteiger partial charge in [0.1, 0.15) is 0 Å². The minimum Gasteiger partial charge on any atom is -0.372 e. The number of hydrogen-bond acceptors (Lipinski definition) is 2. The lowest BCUT2D eigenvalue weighted by atomic mass is 9.80. The van der Waals surface area contributed by atoms with E-state index in [-0.39, 0.29) is 0 Å². The maximum absolute atomic E-state index is 3.45. The molecule has 1 aromatic rings. The normalized spacial score (nSPS) is 27.3. The molecule has 2 heteroatoms. The molecule has 1 aliphatic carbocycles. The van der Waals surface area contributed by atoms with Gasteiger partial charge in [-0.15, -0.1) is 0 Å². The van der Waals surface area contributed by atoms with Crippen LogP contribution in [0.4, 0.5) is 5.69 Å². The fourth-order valence-electron chi connectivity index (χ4n) is 3.60. The van der Waals surface area contributed by atoms with Crippen LogP contribution in [0.3, 0.4) is 0 Å². The Kier molecular flexibility index (Phi) is 3.29. The molecule has 0 spiro atoms. The highest BCUT2D eigenvalue weighted by Crippen LogP contribution is 2.34. The van der Waals surface area contributed by atoms with E-state index in [0.717, 1.165) is 0 Å². The predicted molar refractivity (Wildman–Crippen MR) is 77.5 cm³/mol. The second-order valence-electron chi connectivity index (χ2n) is 5.80. The van der Waals surface area contributed by atoms with Crippen LogP contribution in [-0.2, 0) is 6.42 Å². The Hall–Kier alpha value is -1.02. The van der Waals surface area contributed by atoms with Gasteiger partial charge in [-0.2, -0.15) is 0 Å². The van der Waals surface area contributed by atoms with Gasteiger partial charge in [0, 0.05) is 24.8 Å². The maximum Gasteiger partial charge on any atom is 0.0369 e. The number of rotatable bonds is 2. The van der Waals surface area contributed by atoms with Crippen LogP contribution in [0.2, 0.25) is 0 Å². The molecular formula is C16H24N2. The van der Waals surface area contributed by atoms with Crippen molar-refractivity contribution in [1.29, 1.82) is 0 Å². The molecule has 1 heterocycles. The third kappa shape index (κ3) is 2.03. The Morgan fingerprint density at radius 3 is 2.72 bits per heavy atom. The van der Waals surface area contributed by atoms with E-state index in [0.29, 0.717) is 12.0 Å². The first-order valence-electron chi connectivity index (χ1n) is 7.34. The number of fused-ring (bicyclic) bond motifs is 1. The van der Waals surface area contributed by atoms with Crippen molar-refractivity contribution in [2.24, 2.45) is 0 Å². The van der Waals surface area contributed by atoms with E-state index in [1.807, 2.05) is 0 Å². The summed E-state index contributed by atoms with van der Waals surface area (Å²) in [7, 11) is 2.09. The van der Waals surface area contributed by atoms with Crippen LogP contribution < -0.4 is 10.2 Å². The lowest BCUT2D eigenvalue weighted by Gasteiger charge is -2.32. The smallest absolute Gasteiger partial charge is 0.0369 e. The molecule has 1 fully saturated rings. The fourth-order valence-corrected chi connectivity index (χ4v) is 3.60. The summed E-state index contributed by atoms with van der Waals surface area (Å²) in [6, 6.07) is 7.80. The van der Waals surface area contributed by atoms with Gasteiger partial charge in [0.25, 0.3) is 0 Å². The third-order valence-corrected chi connectivity index (χ3v) is 4.79. The minimum atomic E-state index is 0.645. The average Bonchev–Trinajstić information content (AvgIpc) is 2.93. The summed E-state index contributed by atoms with van der Waals surface area (Å²) < 4.78 is 0. The Bertz CT molecular complexity index is 421. The van der Waals surface area contributed by atoms with Crippen LogP contribution in [0.1, 0.15) is 43.2 Å². The van der Waals surface area contributed by atoms with Gasteiger partial charge in [-0.1, -0.05) is 13.0 Å². The Morgan fingerprint density at radius 2 is 2.00 bits per heavy atom. The van der Waals surface area contributed by atoms with Crippen molar-refractivity contribution < 1.29 is 0 Å². The summed E-state index contributed by atoms with van der Waals surface area (Å²) in [4.78, 5) is 2.54. The Balaban J connectivity index is 1.87. The van der Waals surface area contributed by atoms with E-state index in [9.17, 15) is 0 Å². The number of anilines is 1. The number of aryl methyl sites for hydroxylation is 1. The highest BCUT2D eigenvalue weighted by atomic mass is 15.1. The predicted octanol–water partition coefficient (Wildman–Crippen LogP) is 2.92. The summed E-state index contributed by atoms with van der Waals surface area (Å²) in [5.41, 5.74) is 4.59. The molecule has 1 N–H and O–H groups in total. The minimum absolute atomic E-state index is 0.645. The van der Waals surface area contributed by atoms with Crippen molar-refractivity contribution in [2.75, 3.05) is 25.0 Å². The Morgan fingerprint density at radius 1 is 1.22 bits per heavy atom. The molecule has 2 nitrogen and oxygen atoms in total. The van der Waals surface area contributed by atoms with Gasteiger partial charge in [0.15, 0.2) is 0 Å². The van der Waals surface area contributed by atoms with Crippen LogP contribution in [0, 0.1) is 0 Å². The van der Waals surface area contributed by atoms with Crippen LogP contribution in [-0.4, -0.2) is 26.2 Å². The molecule has 2 aliphatic rings. The summed E-state index contributed by atoms with van der Waals surface area (Å²) >= 11 is 0. The lowest BCUT2D eigenvalue weighted by Crippen LogP contribution is -2.34. The van der Waals surface area contributed by atoms with Gasteiger partial charge in [0.05, 0.1) is 0 Å². The van der Waals surface area contributed by atoms with Gasteiger partial charge in [-0.25, -0.2) is 0 Å². The number of nitrogens with one attached hydrogen (secondary N) is 1. The monoisotopic (exact) mass is 244 g/mol. The van der Waals surface area contributed by atoms with E-state index >= 15 is 0 Å². The van der Waals surface area contributed by atoms with Crippen molar-refractivity contribution in [1.82, 2.24) is 5.32 Å². The first kappa shape index (κ1) is 12.0. The highest BCUT2D eigenvalue weighted by molar-refractivity contribution is 5.53. The zero-order valence-electron chi connectivity index (χ0n) is 11.6. The van der Waals surface area contributed by atoms with Crippen LogP contribution in [0.25, 0.3) is 0 Å². The standard InChI is InChI=1S/C16H24N2/c1-12-15-7-6-14(18-9-3-4-10-18)11-13(15)5-8-16(12)17-2/h6-7,11-12,16-17H,3-5,8-10H2,1-2H3. The largest absolute Gasteiger partial charge is 0.372 e. The van der Waals surface area contributed by atoms with Crippen molar-refractivity contribution in [2.45, 2.75) is 44.6 Å². The lowest BCUT2D eigenvalue weighted by molar-refractivity contribution is 0.432. The van der Waals surface area contributed by atoms with E-state index in [1.54, 1.807) is 11.1 Å². The molecule has 18 heavy (non-hydrogen) atoms. The second kappa shape index (κ2) is 4.93. The zero-order valence-corrected chi connectivity index (χ0v) is 11.6. The molecule has 2 unspecified atom stereocenters. The summed E-state index contributed by atoms with van der Waals surface area (Å²) in [5.74, 6) is 0.645. The number of hydrogen-bond donors (Lipinski definition) is 1. The molecule has 2 atom stereocenters. The summed E-state index contributed by atoms with van der Waals surface area (Å²) in [6.45, 7) is 4.84. The average molecular weight is 244 g/mol. The molecule has 98 valence electrons. The van der Waals surface area contributed by atoms with Crippen molar-refractivity contribution in [3.05, 3.63) is 29.3 Å². The molecule has 0 amide bonds. The quantitative estimate of drug-likeness (QED) is 0.860. The first-order valence-corrected chi connectivity index (χ1v) is 7.34. The highest BCUT2D eigenvalue weighted by Gasteiger charge is 2.25. The molecule has 0 aromatic heterocycles. The summed E-state index contributed by atoms with van der Waals surface area (Å²) in [5, 5.41) is 3.45. The van der Waals surface area contributed by atoms with E-state index < -0.39 is 0 Å². The zero-order chi connectivity index (χ0) is 12.5. The fraction of sp³-hybridized carbons (Fsp3) is 0.625. The number of nitrogens with zero attached hydrogens (tertiary/aromatic N) is 1. The molecule has 1 aliphatic heterocycles. The first-order chi connectivity index (χ1) is 8.79. The molecule has 0 radical (unpaired) electrons. The molecule has 0 bridgehead atoms. The van der Waals surface area contributed by atoms with Gasteiger partial charge >= 0.3 is 0 Å². The topological polar surface area (TPSA) is 15.3 Å². The van der Waals surface area contributed by atoms with E-state index in [4.69, 9.17) is 0 Å². The van der Waals surface area contributed by atoms with E-state index in [2.05, 4.69) is 42.4 Å². The van der Waals surface area contributed by atoms with Crippen molar-refractivity contribution in [3.63, 3.8) is 0 Å². The molecule has 3 rings (SSSR count). The van der Waals surface area contributed by atoms with Gasteiger partial charge in [-0.05, 0) is 61.9 Å². The molecular weight excluding hydrogens is 220 g/mol. The number of likely N-dealkylation sites (N-methyl/N-ethyl adjacent to an activating group) is 1. The maximum atomic E-state index is 3.45. The SMILES string of the molecule is CNC1CCc2cc(N3CCCC3)ccc2C1C. The van der Waals surface area contributed by atoms with E-state index in [1.165, 1.54) is 44.5 Å². The van der Waals surface area contributed by atoms with Gasteiger partial charge in [-0.3, -0.25) is 0 Å². The van der Waals surface area contributed by atoms with Crippen LogP contribution >= 0.6 is 0 Å². The molecule has 1 saturated heterocycles. The Labute approximate surface area is 110 Å². The van der Waals surface area contributed by atoms with Crippen molar-refractivity contribution in [3.8, 4) is 0 Å². The van der Waals surface area contributed by atoms with Gasteiger partial charge in [0.2, 0.25) is 0 Å². The van der Waals surface area contributed by atoms with Crippen molar-refractivity contribution >= 4 is 5.69 Å². The number of benzene rings is 1. The second-order valence-corrected chi connectivity index (χ2v) is 5.80. The van der Waals surface area contributed by atoms with Crippen LogP contribution in [0.15, 0.2) is 18.2 Å². The molecule has 0 saturated carbocycles. The summed E-state index contributed by atoms with van der Waals surface area (Å²) in [6.07, 6.45) is 5.21. The van der Waals surface area contributed by atoms with Crippen LogP contribution in [0.5, 0.6) is 0 Å². The molecule has 1 aromatic carbocycles.